The van der Waals surface area contributed by atoms with Crippen LogP contribution in [-0.4, -0.2) is 11.6 Å². The smallest absolute Gasteiger partial charge is 0.159 e. The zero-order valence-electron chi connectivity index (χ0n) is 7.01. The number of rotatable bonds is 0. The van der Waals surface area contributed by atoms with E-state index in [1.165, 1.54) is 0 Å². The van der Waals surface area contributed by atoms with Crippen molar-refractivity contribution >= 4 is 11.6 Å². The lowest BCUT2D eigenvalue weighted by Crippen LogP contribution is -2.28. The lowest BCUT2D eigenvalue weighted by atomic mass is 9.76. The van der Waals surface area contributed by atoms with Gasteiger partial charge < -0.3 is 0 Å². The Hall–Kier alpha value is -0.920. The summed E-state index contributed by atoms with van der Waals surface area (Å²) in [6, 6.07) is 0. The second-order valence-corrected chi connectivity index (χ2v) is 3.53. The molecule has 1 atom stereocenters. The molecule has 0 aromatic heterocycles. The lowest BCUT2D eigenvalue weighted by Gasteiger charge is -2.26. The van der Waals surface area contributed by atoms with Crippen LogP contribution in [0, 0.1) is 5.92 Å². The van der Waals surface area contributed by atoms with Crippen LogP contribution in [0.2, 0.25) is 0 Å². The van der Waals surface area contributed by atoms with Crippen LogP contribution in [0.1, 0.15) is 32.1 Å². The van der Waals surface area contributed by atoms with Crippen molar-refractivity contribution in [1.29, 1.82) is 0 Å². The van der Waals surface area contributed by atoms with Crippen molar-refractivity contribution in [2.45, 2.75) is 32.1 Å². The summed E-state index contributed by atoms with van der Waals surface area (Å²) in [5.74, 6) is 0.458. The first kappa shape index (κ1) is 7.71. The molecule has 2 aliphatic rings. The Morgan fingerprint density at radius 3 is 2.83 bits per heavy atom. The van der Waals surface area contributed by atoms with E-state index in [1.54, 1.807) is 0 Å². The van der Waals surface area contributed by atoms with Gasteiger partial charge in [-0.05, 0) is 19.3 Å². The number of Topliss-reactive ketones (excluding diaryl/α,β-unsaturated/α-hetero) is 2. The third-order valence-electron chi connectivity index (χ3n) is 2.74. The Morgan fingerprint density at radius 2 is 2.08 bits per heavy atom. The molecule has 0 radical (unpaired) electrons. The highest BCUT2D eigenvalue weighted by Gasteiger charge is 2.32. The van der Waals surface area contributed by atoms with Crippen LogP contribution in [-0.2, 0) is 9.59 Å². The Morgan fingerprint density at radius 1 is 1.25 bits per heavy atom. The summed E-state index contributed by atoms with van der Waals surface area (Å²) < 4.78 is 0. The highest BCUT2D eigenvalue weighted by molar-refractivity contribution is 6.03. The van der Waals surface area contributed by atoms with E-state index in [0.29, 0.717) is 12.8 Å². The molecule has 2 heteroatoms. The number of allylic oxidation sites excluding steroid dienone is 2. The van der Waals surface area contributed by atoms with Gasteiger partial charge in [0.15, 0.2) is 5.78 Å². The topological polar surface area (TPSA) is 34.1 Å². The molecule has 64 valence electrons. The second kappa shape index (κ2) is 2.85. The fourth-order valence-corrected chi connectivity index (χ4v) is 2.10. The van der Waals surface area contributed by atoms with Gasteiger partial charge in [-0.1, -0.05) is 6.08 Å². The monoisotopic (exact) mass is 164 g/mol. The molecule has 0 amide bonds. The van der Waals surface area contributed by atoms with Gasteiger partial charge in [0, 0.05) is 24.3 Å². The van der Waals surface area contributed by atoms with Gasteiger partial charge in [-0.15, -0.1) is 0 Å². The number of fused-ring (bicyclic) bond motifs is 1. The summed E-state index contributed by atoms with van der Waals surface area (Å²) in [6.07, 6.45) is 5.82. The third kappa shape index (κ3) is 1.11. The molecule has 0 aromatic carbocycles. The summed E-state index contributed by atoms with van der Waals surface area (Å²) >= 11 is 0. The standard InChI is InChI=1S/C10H12O2/c11-9-5-1-3-7-8(9)4-2-6-10(7)12/h3,8H,1-2,4-6H2. The van der Waals surface area contributed by atoms with Crippen molar-refractivity contribution < 1.29 is 9.59 Å². The maximum Gasteiger partial charge on any atom is 0.159 e. The zero-order valence-corrected chi connectivity index (χ0v) is 7.01. The minimum Gasteiger partial charge on any atom is -0.299 e. The van der Waals surface area contributed by atoms with E-state index in [2.05, 4.69) is 0 Å². The Labute approximate surface area is 71.6 Å². The number of carbonyl (C=O) groups excluding carboxylic acids is 2. The second-order valence-electron chi connectivity index (χ2n) is 3.53. The molecule has 12 heavy (non-hydrogen) atoms. The van der Waals surface area contributed by atoms with Gasteiger partial charge in [-0.25, -0.2) is 0 Å². The normalized spacial score (nSPS) is 29.7. The molecule has 0 saturated heterocycles. The van der Waals surface area contributed by atoms with Crippen molar-refractivity contribution in [1.82, 2.24) is 0 Å². The minimum absolute atomic E-state index is 0.0278. The van der Waals surface area contributed by atoms with Crippen molar-refractivity contribution in [2.24, 2.45) is 5.92 Å². The molecule has 1 fully saturated rings. The van der Waals surface area contributed by atoms with E-state index in [4.69, 9.17) is 0 Å². The minimum atomic E-state index is -0.0278. The fourth-order valence-electron chi connectivity index (χ4n) is 2.10. The SMILES string of the molecule is O=C1CCCC2C(=O)CCC=C12. The summed E-state index contributed by atoms with van der Waals surface area (Å²) in [5.41, 5.74) is 0.817. The van der Waals surface area contributed by atoms with Crippen LogP contribution in [0.15, 0.2) is 11.6 Å². The van der Waals surface area contributed by atoms with Crippen LogP contribution in [0.4, 0.5) is 0 Å². The first-order valence-electron chi connectivity index (χ1n) is 4.55. The zero-order chi connectivity index (χ0) is 8.55. The first-order chi connectivity index (χ1) is 5.79. The molecule has 1 saturated carbocycles. The molecule has 1 unspecified atom stereocenters. The molecule has 2 aliphatic carbocycles. The van der Waals surface area contributed by atoms with Crippen LogP contribution in [0.5, 0.6) is 0 Å². The highest BCUT2D eigenvalue weighted by Crippen LogP contribution is 2.32. The van der Waals surface area contributed by atoms with E-state index in [9.17, 15) is 9.59 Å². The first-order valence-corrected chi connectivity index (χ1v) is 4.55. The van der Waals surface area contributed by atoms with E-state index in [1.807, 2.05) is 6.08 Å². The highest BCUT2D eigenvalue weighted by atomic mass is 16.1. The van der Waals surface area contributed by atoms with Gasteiger partial charge in [-0.2, -0.15) is 0 Å². The molecule has 2 rings (SSSR count). The Bertz CT molecular complexity index is 263. The molecule has 0 N–H and O–H groups in total. The quantitative estimate of drug-likeness (QED) is 0.545. The van der Waals surface area contributed by atoms with Crippen LogP contribution >= 0.6 is 0 Å². The van der Waals surface area contributed by atoms with E-state index >= 15 is 0 Å². The maximum absolute atomic E-state index is 11.4. The van der Waals surface area contributed by atoms with Crippen molar-refractivity contribution in [2.75, 3.05) is 0 Å². The van der Waals surface area contributed by atoms with Gasteiger partial charge in [0.05, 0.1) is 0 Å². The molecule has 0 heterocycles. The average Bonchev–Trinajstić information content (AvgIpc) is 2.07. The Kier molecular flexibility index (Phi) is 1.83. The van der Waals surface area contributed by atoms with Gasteiger partial charge in [0.1, 0.15) is 5.78 Å². The largest absolute Gasteiger partial charge is 0.299 e. The van der Waals surface area contributed by atoms with E-state index < -0.39 is 0 Å². The summed E-state index contributed by atoms with van der Waals surface area (Å²) in [6.45, 7) is 0. The van der Waals surface area contributed by atoms with Crippen LogP contribution < -0.4 is 0 Å². The molecule has 2 nitrogen and oxygen atoms in total. The van der Waals surface area contributed by atoms with E-state index in [0.717, 1.165) is 24.8 Å². The molecular formula is C10H12O2. The molecule has 0 aromatic rings. The summed E-state index contributed by atoms with van der Waals surface area (Å²) in [4.78, 5) is 22.7. The number of carbonyl (C=O) groups is 2. The predicted octanol–water partition coefficient (Wildman–Crippen LogP) is 1.64. The number of ketones is 2. The summed E-state index contributed by atoms with van der Waals surface area (Å²) in [7, 11) is 0. The maximum atomic E-state index is 11.4. The third-order valence-corrected chi connectivity index (χ3v) is 2.74. The Balaban J connectivity index is 2.30. The van der Waals surface area contributed by atoms with Crippen LogP contribution in [0.25, 0.3) is 0 Å². The molecule has 0 bridgehead atoms. The number of hydrogen-bond donors (Lipinski definition) is 0. The van der Waals surface area contributed by atoms with Crippen molar-refractivity contribution in [3.05, 3.63) is 11.6 Å². The van der Waals surface area contributed by atoms with Crippen molar-refractivity contribution in [3.8, 4) is 0 Å². The van der Waals surface area contributed by atoms with Gasteiger partial charge in [-0.3, -0.25) is 9.59 Å². The van der Waals surface area contributed by atoms with E-state index in [-0.39, 0.29) is 17.5 Å². The molecule has 0 aliphatic heterocycles. The van der Waals surface area contributed by atoms with Gasteiger partial charge >= 0.3 is 0 Å². The predicted molar refractivity (Wildman–Crippen MR) is 44.7 cm³/mol. The summed E-state index contributed by atoms with van der Waals surface area (Å²) in [5, 5.41) is 0. The molecule has 0 spiro atoms. The van der Waals surface area contributed by atoms with Gasteiger partial charge in [0.2, 0.25) is 0 Å². The van der Waals surface area contributed by atoms with Gasteiger partial charge in [0.25, 0.3) is 0 Å². The average molecular weight is 164 g/mol. The number of hydrogen-bond acceptors (Lipinski definition) is 2. The fraction of sp³-hybridized carbons (Fsp3) is 0.600. The lowest BCUT2D eigenvalue weighted by molar-refractivity contribution is -0.126. The molecular weight excluding hydrogens is 152 g/mol. The van der Waals surface area contributed by atoms with Crippen LogP contribution in [0.3, 0.4) is 0 Å². The van der Waals surface area contributed by atoms with Crippen molar-refractivity contribution in [3.63, 3.8) is 0 Å².